The molecule has 3 aromatic rings. The van der Waals surface area contributed by atoms with Crippen molar-refractivity contribution in [2.45, 2.75) is 19.8 Å². The summed E-state index contributed by atoms with van der Waals surface area (Å²) in [6, 6.07) is 14.9. The van der Waals surface area contributed by atoms with Crippen molar-refractivity contribution in [1.29, 1.82) is 0 Å². The zero-order valence-electron chi connectivity index (χ0n) is 13.9. The number of nitrogens with one attached hydrogen (secondary N) is 1. The molecule has 1 aliphatic rings. The molecule has 0 aliphatic carbocycles. The van der Waals surface area contributed by atoms with E-state index in [2.05, 4.69) is 5.32 Å². The van der Waals surface area contributed by atoms with Crippen LogP contribution in [-0.2, 0) is 4.79 Å². The molecule has 5 nitrogen and oxygen atoms in total. The number of para-hydroxylation sites is 1. The summed E-state index contributed by atoms with van der Waals surface area (Å²) in [4.78, 5) is 26.3. The fraction of sp³-hybridized carbons (Fsp3) is 0.200. The van der Waals surface area contributed by atoms with Crippen LogP contribution in [0.15, 0.2) is 52.9 Å². The topological polar surface area (TPSA) is 62.6 Å². The minimum absolute atomic E-state index is 0.122. The maximum Gasteiger partial charge on any atom is 0.291 e. The number of hydrogen-bond acceptors (Lipinski definition) is 3. The van der Waals surface area contributed by atoms with Crippen LogP contribution < -0.4 is 10.2 Å². The van der Waals surface area contributed by atoms with Crippen molar-refractivity contribution in [2.75, 3.05) is 16.8 Å². The molecule has 1 fully saturated rings. The van der Waals surface area contributed by atoms with Crippen molar-refractivity contribution < 1.29 is 14.0 Å². The monoisotopic (exact) mass is 334 g/mol. The molecule has 0 unspecified atom stereocenters. The molecule has 0 radical (unpaired) electrons. The summed E-state index contributed by atoms with van der Waals surface area (Å²) in [5.41, 5.74) is 2.96. The lowest BCUT2D eigenvalue weighted by molar-refractivity contribution is -0.117. The molecule has 0 bridgehead atoms. The van der Waals surface area contributed by atoms with Crippen LogP contribution in [0.3, 0.4) is 0 Å². The first-order chi connectivity index (χ1) is 12.1. The van der Waals surface area contributed by atoms with Gasteiger partial charge in [-0.1, -0.05) is 24.3 Å². The number of nitrogens with zero attached hydrogens (tertiary/aromatic N) is 1. The molecule has 2 aromatic carbocycles. The van der Waals surface area contributed by atoms with E-state index in [1.807, 2.05) is 49.4 Å². The number of furan rings is 1. The summed E-state index contributed by atoms with van der Waals surface area (Å²) < 4.78 is 5.70. The summed E-state index contributed by atoms with van der Waals surface area (Å²) >= 11 is 0. The minimum atomic E-state index is -0.293. The first-order valence-corrected chi connectivity index (χ1v) is 8.33. The highest BCUT2D eigenvalue weighted by molar-refractivity contribution is 6.06. The third-order valence-corrected chi connectivity index (χ3v) is 4.54. The Morgan fingerprint density at radius 1 is 1.16 bits per heavy atom. The highest BCUT2D eigenvalue weighted by Gasteiger charge is 2.22. The largest absolute Gasteiger partial charge is 0.451 e. The Bertz CT molecular complexity index is 974. The Kier molecular flexibility index (Phi) is 3.76. The molecule has 1 saturated heterocycles. The number of hydrogen-bond donors (Lipinski definition) is 1. The van der Waals surface area contributed by atoms with Crippen LogP contribution in [0.5, 0.6) is 0 Å². The van der Waals surface area contributed by atoms with Crippen LogP contribution >= 0.6 is 0 Å². The maximum atomic E-state index is 12.6. The molecule has 1 aromatic heterocycles. The first-order valence-electron chi connectivity index (χ1n) is 8.33. The second-order valence-corrected chi connectivity index (χ2v) is 6.21. The number of benzene rings is 2. The molecule has 2 heterocycles. The van der Waals surface area contributed by atoms with Crippen molar-refractivity contribution in [2.24, 2.45) is 0 Å². The fourth-order valence-corrected chi connectivity index (χ4v) is 3.25. The molecule has 0 atom stereocenters. The molecule has 1 aliphatic heterocycles. The van der Waals surface area contributed by atoms with Crippen LogP contribution in [0.1, 0.15) is 29.0 Å². The number of rotatable bonds is 3. The Morgan fingerprint density at radius 2 is 2.00 bits per heavy atom. The molecular weight excluding hydrogens is 316 g/mol. The second-order valence-electron chi connectivity index (χ2n) is 6.21. The van der Waals surface area contributed by atoms with Gasteiger partial charge in [0.25, 0.3) is 5.91 Å². The number of amides is 2. The summed E-state index contributed by atoms with van der Waals surface area (Å²) in [5, 5.41) is 3.80. The highest BCUT2D eigenvalue weighted by atomic mass is 16.3. The molecule has 126 valence electrons. The average Bonchev–Trinajstić information content (AvgIpc) is 3.19. The van der Waals surface area contributed by atoms with Gasteiger partial charge in [0.05, 0.1) is 0 Å². The number of aryl methyl sites for hydroxylation is 1. The second kappa shape index (κ2) is 6.09. The maximum absolute atomic E-state index is 12.6. The molecule has 4 rings (SSSR count). The smallest absolute Gasteiger partial charge is 0.291 e. The van der Waals surface area contributed by atoms with E-state index in [1.54, 1.807) is 11.0 Å². The predicted octanol–water partition coefficient (Wildman–Crippen LogP) is 4.12. The van der Waals surface area contributed by atoms with E-state index in [9.17, 15) is 9.59 Å². The fourth-order valence-electron chi connectivity index (χ4n) is 3.25. The third-order valence-electron chi connectivity index (χ3n) is 4.54. The standard InChI is InChI=1S/C20H18N2O3/c1-13-16-8-2-3-9-17(16)25-19(13)20(24)21-14-6-4-7-15(12-14)22-11-5-10-18(22)23/h2-4,6-9,12H,5,10-11H2,1H3,(H,21,24). The van der Waals surface area contributed by atoms with E-state index < -0.39 is 0 Å². The van der Waals surface area contributed by atoms with Crippen LogP contribution in [0.2, 0.25) is 0 Å². The van der Waals surface area contributed by atoms with Crippen molar-refractivity contribution in [1.82, 2.24) is 0 Å². The van der Waals surface area contributed by atoms with E-state index >= 15 is 0 Å². The Labute approximate surface area is 145 Å². The molecule has 0 spiro atoms. The zero-order valence-corrected chi connectivity index (χ0v) is 13.9. The number of anilines is 2. The van der Waals surface area contributed by atoms with Gasteiger partial charge >= 0.3 is 0 Å². The quantitative estimate of drug-likeness (QED) is 0.783. The van der Waals surface area contributed by atoms with Gasteiger partial charge in [0.1, 0.15) is 5.58 Å². The molecular formula is C20H18N2O3. The van der Waals surface area contributed by atoms with Crippen LogP contribution in [0.4, 0.5) is 11.4 Å². The highest BCUT2D eigenvalue weighted by Crippen LogP contribution is 2.27. The van der Waals surface area contributed by atoms with Gasteiger partial charge in [-0.05, 0) is 37.6 Å². The lowest BCUT2D eigenvalue weighted by Crippen LogP contribution is -2.23. The van der Waals surface area contributed by atoms with Crippen LogP contribution in [0, 0.1) is 6.92 Å². The average molecular weight is 334 g/mol. The van der Waals surface area contributed by atoms with Gasteiger partial charge in [-0.3, -0.25) is 9.59 Å². The SMILES string of the molecule is Cc1c(C(=O)Nc2cccc(N3CCCC3=O)c2)oc2ccccc12. The number of carbonyl (C=O) groups is 2. The van der Waals surface area contributed by atoms with E-state index in [1.165, 1.54) is 0 Å². The van der Waals surface area contributed by atoms with Gasteiger partial charge in [0, 0.05) is 35.3 Å². The summed E-state index contributed by atoms with van der Waals surface area (Å²) in [6.07, 6.45) is 1.45. The minimum Gasteiger partial charge on any atom is -0.451 e. The van der Waals surface area contributed by atoms with E-state index in [4.69, 9.17) is 4.42 Å². The molecule has 25 heavy (non-hydrogen) atoms. The van der Waals surface area contributed by atoms with Gasteiger partial charge in [-0.25, -0.2) is 0 Å². The molecule has 5 heteroatoms. The van der Waals surface area contributed by atoms with Crippen molar-refractivity contribution in [3.8, 4) is 0 Å². The number of carbonyl (C=O) groups excluding carboxylic acids is 2. The van der Waals surface area contributed by atoms with Gasteiger partial charge in [-0.2, -0.15) is 0 Å². The number of fused-ring (bicyclic) bond motifs is 1. The summed E-state index contributed by atoms with van der Waals surface area (Å²) in [6.45, 7) is 2.60. The van der Waals surface area contributed by atoms with E-state index in [0.717, 1.165) is 29.6 Å². The molecule has 2 amide bonds. The van der Waals surface area contributed by atoms with Gasteiger partial charge in [-0.15, -0.1) is 0 Å². The lowest BCUT2D eigenvalue weighted by Gasteiger charge is -2.16. The van der Waals surface area contributed by atoms with Crippen LogP contribution in [0.25, 0.3) is 11.0 Å². The van der Waals surface area contributed by atoms with Gasteiger partial charge in [0.15, 0.2) is 5.76 Å². The molecule has 0 saturated carbocycles. The van der Waals surface area contributed by atoms with E-state index in [0.29, 0.717) is 23.5 Å². The Hall–Kier alpha value is -3.08. The normalized spacial score (nSPS) is 14.3. The lowest BCUT2D eigenvalue weighted by atomic mass is 10.1. The van der Waals surface area contributed by atoms with Gasteiger partial charge in [0.2, 0.25) is 5.91 Å². The molecule has 1 N–H and O–H groups in total. The first kappa shape index (κ1) is 15.4. The van der Waals surface area contributed by atoms with Crippen molar-refractivity contribution in [3.63, 3.8) is 0 Å². The van der Waals surface area contributed by atoms with Crippen molar-refractivity contribution in [3.05, 3.63) is 59.9 Å². The predicted molar refractivity (Wildman–Crippen MR) is 96.9 cm³/mol. The van der Waals surface area contributed by atoms with Crippen LogP contribution in [-0.4, -0.2) is 18.4 Å². The van der Waals surface area contributed by atoms with Crippen molar-refractivity contribution >= 4 is 34.2 Å². The Morgan fingerprint density at radius 3 is 2.76 bits per heavy atom. The van der Waals surface area contributed by atoms with Gasteiger partial charge < -0.3 is 14.6 Å². The summed E-state index contributed by atoms with van der Waals surface area (Å²) in [5.74, 6) is 0.138. The van der Waals surface area contributed by atoms with E-state index in [-0.39, 0.29) is 11.8 Å². The Balaban J connectivity index is 1.60. The zero-order chi connectivity index (χ0) is 17.4. The third kappa shape index (κ3) is 2.78. The summed E-state index contributed by atoms with van der Waals surface area (Å²) in [7, 11) is 0.